The van der Waals surface area contributed by atoms with Crippen LogP contribution in [-0.4, -0.2) is 24.5 Å². The molecule has 1 amide bonds. The van der Waals surface area contributed by atoms with E-state index in [4.69, 9.17) is 5.73 Å². The zero-order chi connectivity index (χ0) is 15.2. The highest BCUT2D eigenvalue weighted by molar-refractivity contribution is 7.18. The molecule has 0 saturated carbocycles. The van der Waals surface area contributed by atoms with Gasteiger partial charge >= 0.3 is 0 Å². The van der Waals surface area contributed by atoms with E-state index >= 15 is 0 Å². The quantitative estimate of drug-likeness (QED) is 0.803. The van der Waals surface area contributed by atoms with Gasteiger partial charge in [0.2, 0.25) is 0 Å². The van der Waals surface area contributed by atoms with Crippen LogP contribution in [0.2, 0.25) is 0 Å². The molecule has 0 radical (unpaired) electrons. The summed E-state index contributed by atoms with van der Waals surface area (Å²) in [5.74, 6) is -0.168. The highest BCUT2D eigenvalue weighted by Crippen LogP contribution is 2.32. The van der Waals surface area contributed by atoms with Crippen LogP contribution >= 0.6 is 11.3 Å². The molecular formula is C15H18N4OS. The maximum atomic E-state index is 12.0. The second-order valence-electron chi connectivity index (χ2n) is 4.59. The molecule has 0 aliphatic carbocycles. The number of hydrogen-bond donors (Lipinski definition) is 2. The summed E-state index contributed by atoms with van der Waals surface area (Å²) < 4.78 is 0. The van der Waals surface area contributed by atoms with Gasteiger partial charge in [-0.25, -0.2) is 0 Å². The van der Waals surface area contributed by atoms with E-state index in [9.17, 15) is 4.79 Å². The molecule has 21 heavy (non-hydrogen) atoms. The smallest absolute Gasteiger partial charge is 0.263 e. The van der Waals surface area contributed by atoms with Gasteiger partial charge < -0.3 is 16.0 Å². The zero-order valence-electron chi connectivity index (χ0n) is 11.9. The molecule has 2 aromatic rings. The van der Waals surface area contributed by atoms with Crippen molar-refractivity contribution in [2.75, 3.05) is 24.2 Å². The van der Waals surface area contributed by atoms with E-state index in [1.807, 2.05) is 36.3 Å². The third-order valence-corrected chi connectivity index (χ3v) is 4.14. The van der Waals surface area contributed by atoms with Crippen LogP contribution in [0.25, 0.3) is 0 Å². The summed E-state index contributed by atoms with van der Waals surface area (Å²) in [6, 6.07) is 5.74. The number of nitrogens with zero attached hydrogens (tertiary/aromatic N) is 2. The number of anilines is 2. The molecule has 0 saturated heterocycles. The van der Waals surface area contributed by atoms with Crippen molar-refractivity contribution < 1.29 is 4.79 Å². The number of aromatic nitrogens is 1. The van der Waals surface area contributed by atoms with E-state index in [1.54, 1.807) is 12.3 Å². The first kappa shape index (κ1) is 15.1. The average Bonchev–Trinajstić information content (AvgIpc) is 2.88. The highest BCUT2D eigenvalue weighted by atomic mass is 32.1. The normalized spacial score (nSPS) is 10.1. The Morgan fingerprint density at radius 2 is 2.43 bits per heavy atom. The van der Waals surface area contributed by atoms with Crippen molar-refractivity contribution in [2.24, 2.45) is 0 Å². The lowest BCUT2D eigenvalue weighted by Crippen LogP contribution is -2.22. The Hall–Kier alpha value is -2.34. The highest BCUT2D eigenvalue weighted by Gasteiger charge is 2.16. The van der Waals surface area contributed by atoms with Crippen molar-refractivity contribution in [1.29, 1.82) is 0 Å². The van der Waals surface area contributed by atoms with Crippen LogP contribution < -0.4 is 16.0 Å². The Labute approximate surface area is 128 Å². The van der Waals surface area contributed by atoms with Crippen molar-refractivity contribution in [3.63, 3.8) is 0 Å². The first-order chi connectivity index (χ1) is 10.1. The number of nitrogen functional groups attached to an aromatic ring is 1. The van der Waals surface area contributed by atoms with E-state index < -0.39 is 0 Å². The topological polar surface area (TPSA) is 71.2 Å². The van der Waals surface area contributed by atoms with Gasteiger partial charge in [0.25, 0.3) is 5.91 Å². The molecule has 0 aliphatic rings. The fraction of sp³-hybridized carbons (Fsp3) is 0.200. The van der Waals surface area contributed by atoms with E-state index in [1.165, 1.54) is 11.3 Å². The summed E-state index contributed by atoms with van der Waals surface area (Å²) in [6.07, 6.45) is 5.21. The largest absolute Gasteiger partial charge is 0.397 e. The van der Waals surface area contributed by atoms with Crippen LogP contribution in [-0.2, 0) is 6.54 Å². The summed E-state index contributed by atoms with van der Waals surface area (Å²) in [5.41, 5.74) is 7.53. The predicted molar refractivity (Wildman–Crippen MR) is 87.6 cm³/mol. The molecule has 3 N–H and O–H groups in total. The molecule has 110 valence electrons. The molecule has 0 atom stereocenters. The van der Waals surface area contributed by atoms with Crippen molar-refractivity contribution in [1.82, 2.24) is 10.3 Å². The summed E-state index contributed by atoms with van der Waals surface area (Å²) in [6.45, 7) is 4.71. The van der Waals surface area contributed by atoms with E-state index in [0.29, 0.717) is 23.7 Å². The number of hydrogen-bond acceptors (Lipinski definition) is 5. The van der Waals surface area contributed by atoms with Crippen LogP contribution in [0.5, 0.6) is 0 Å². The summed E-state index contributed by atoms with van der Waals surface area (Å²) in [5, 5.41) is 3.68. The lowest BCUT2D eigenvalue weighted by molar-refractivity contribution is 0.0963. The van der Waals surface area contributed by atoms with Crippen LogP contribution in [0.3, 0.4) is 0 Å². The van der Waals surface area contributed by atoms with Gasteiger partial charge in [-0.05, 0) is 17.7 Å². The zero-order valence-corrected chi connectivity index (χ0v) is 12.7. The van der Waals surface area contributed by atoms with Gasteiger partial charge in [0.05, 0.1) is 10.7 Å². The Balaban J connectivity index is 2.10. The minimum absolute atomic E-state index is 0.168. The van der Waals surface area contributed by atoms with Gasteiger partial charge in [0.1, 0.15) is 4.88 Å². The molecule has 0 unspecified atom stereocenters. The maximum Gasteiger partial charge on any atom is 0.263 e. The first-order valence-electron chi connectivity index (χ1n) is 6.50. The van der Waals surface area contributed by atoms with Crippen LogP contribution in [0.15, 0.2) is 43.2 Å². The third kappa shape index (κ3) is 3.82. The van der Waals surface area contributed by atoms with Gasteiger partial charge in [-0.1, -0.05) is 12.1 Å². The molecule has 0 spiro atoms. The second-order valence-corrected chi connectivity index (χ2v) is 5.62. The Bertz CT molecular complexity index is 624. The summed E-state index contributed by atoms with van der Waals surface area (Å²) in [4.78, 5) is 18.6. The number of carbonyl (C=O) groups is 1. The molecule has 2 heterocycles. The van der Waals surface area contributed by atoms with E-state index in [0.717, 1.165) is 10.6 Å². The third-order valence-electron chi connectivity index (χ3n) is 2.88. The Morgan fingerprint density at radius 3 is 3.10 bits per heavy atom. The minimum Gasteiger partial charge on any atom is -0.397 e. The fourth-order valence-electron chi connectivity index (χ4n) is 1.85. The Morgan fingerprint density at radius 1 is 1.62 bits per heavy atom. The standard InChI is InChI=1S/C15H18N4OS/c1-3-6-18-15(20)14-12(16)8-13(21-14)19(2)10-11-5-4-7-17-9-11/h3-5,7-9H,1,6,10,16H2,2H3,(H,18,20). The van der Waals surface area contributed by atoms with E-state index in [-0.39, 0.29) is 5.91 Å². The van der Waals surface area contributed by atoms with Crippen molar-refractivity contribution in [2.45, 2.75) is 6.54 Å². The molecule has 0 aliphatic heterocycles. The number of amides is 1. The van der Waals surface area contributed by atoms with E-state index in [2.05, 4.69) is 16.9 Å². The Kier molecular flexibility index (Phi) is 4.94. The minimum atomic E-state index is -0.168. The predicted octanol–water partition coefficient (Wildman–Crippen LogP) is 2.28. The fourth-order valence-corrected chi connectivity index (χ4v) is 2.80. The number of nitrogens with two attached hydrogens (primary N) is 1. The van der Waals surface area contributed by atoms with Crippen LogP contribution in [0.4, 0.5) is 10.7 Å². The molecular weight excluding hydrogens is 284 g/mol. The molecule has 6 heteroatoms. The van der Waals surface area contributed by atoms with Gasteiger partial charge in [-0.3, -0.25) is 9.78 Å². The lowest BCUT2D eigenvalue weighted by atomic mass is 10.3. The van der Waals surface area contributed by atoms with Crippen molar-refractivity contribution >= 4 is 27.9 Å². The number of thiophene rings is 1. The molecule has 0 aromatic carbocycles. The van der Waals surface area contributed by atoms with Crippen molar-refractivity contribution in [3.05, 3.63) is 53.7 Å². The average molecular weight is 302 g/mol. The second kappa shape index (κ2) is 6.90. The summed E-state index contributed by atoms with van der Waals surface area (Å²) >= 11 is 1.38. The van der Waals surface area contributed by atoms with Crippen molar-refractivity contribution in [3.8, 4) is 0 Å². The SMILES string of the molecule is C=CCNC(=O)c1sc(N(C)Cc2cccnc2)cc1N. The molecule has 5 nitrogen and oxygen atoms in total. The monoisotopic (exact) mass is 302 g/mol. The van der Waals surface area contributed by atoms with Gasteiger partial charge in [-0.15, -0.1) is 17.9 Å². The van der Waals surface area contributed by atoms with Crippen LogP contribution in [0, 0.1) is 0 Å². The molecule has 0 fully saturated rings. The number of carbonyl (C=O) groups excluding carboxylic acids is 1. The lowest BCUT2D eigenvalue weighted by Gasteiger charge is -2.16. The number of pyridine rings is 1. The van der Waals surface area contributed by atoms with Gasteiger partial charge in [0.15, 0.2) is 0 Å². The first-order valence-corrected chi connectivity index (χ1v) is 7.32. The number of nitrogens with one attached hydrogen (secondary N) is 1. The maximum absolute atomic E-state index is 12.0. The molecule has 2 rings (SSSR count). The number of rotatable bonds is 6. The van der Waals surface area contributed by atoms with Crippen LogP contribution in [0.1, 0.15) is 15.2 Å². The van der Waals surface area contributed by atoms with Gasteiger partial charge in [0, 0.05) is 32.5 Å². The van der Waals surface area contributed by atoms with Gasteiger partial charge in [-0.2, -0.15) is 0 Å². The molecule has 2 aromatic heterocycles. The summed E-state index contributed by atoms with van der Waals surface area (Å²) in [7, 11) is 1.96. The molecule has 0 bridgehead atoms.